The fourth-order valence-electron chi connectivity index (χ4n) is 3.46. The molecule has 0 aliphatic carbocycles. The number of amides is 1. The number of hydrogen-bond donors (Lipinski definition) is 0. The van der Waals surface area contributed by atoms with Crippen LogP contribution in [0.25, 0.3) is 10.9 Å². The van der Waals surface area contributed by atoms with Gasteiger partial charge in [-0.1, -0.05) is 29.8 Å². The fourth-order valence-corrected chi connectivity index (χ4v) is 3.63. The third-order valence-electron chi connectivity index (χ3n) is 4.88. The lowest BCUT2D eigenvalue weighted by molar-refractivity contribution is 0.0742. The Labute approximate surface area is 166 Å². The van der Waals surface area contributed by atoms with Crippen LogP contribution in [0.2, 0.25) is 5.02 Å². The molecule has 1 fully saturated rings. The van der Waals surface area contributed by atoms with Crippen LogP contribution < -0.4 is 4.90 Å². The van der Waals surface area contributed by atoms with E-state index in [0.717, 1.165) is 16.6 Å². The molecule has 0 saturated carbocycles. The Bertz CT molecular complexity index is 1100. The Hall–Kier alpha value is -3.17. The molecule has 0 radical (unpaired) electrons. The van der Waals surface area contributed by atoms with Gasteiger partial charge in [0.1, 0.15) is 17.6 Å². The molecule has 0 N–H and O–H groups in total. The number of aromatic nitrogens is 1. The van der Waals surface area contributed by atoms with Gasteiger partial charge in [0, 0.05) is 42.3 Å². The summed E-state index contributed by atoms with van der Waals surface area (Å²) in [5, 5.41) is 10.6. The van der Waals surface area contributed by atoms with E-state index >= 15 is 0 Å². The van der Waals surface area contributed by atoms with Crippen molar-refractivity contribution in [1.82, 2.24) is 9.88 Å². The zero-order valence-corrected chi connectivity index (χ0v) is 15.7. The predicted octanol–water partition coefficient (Wildman–Crippen LogP) is 3.86. The number of hydrogen-bond acceptors (Lipinski definition) is 4. The van der Waals surface area contributed by atoms with Gasteiger partial charge in [-0.05, 0) is 30.3 Å². The van der Waals surface area contributed by atoms with Crippen molar-refractivity contribution in [3.63, 3.8) is 0 Å². The molecular weight excluding hydrogens is 379 g/mol. The Balaban J connectivity index is 1.57. The van der Waals surface area contributed by atoms with E-state index in [1.165, 1.54) is 18.2 Å². The topological polar surface area (TPSA) is 60.2 Å². The minimum Gasteiger partial charge on any atom is -0.367 e. The minimum absolute atomic E-state index is 0.0120. The van der Waals surface area contributed by atoms with Crippen molar-refractivity contribution in [2.75, 3.05) is 31.1 Å². The van der Waals surface area contributed by atoms with Crippen LogP contribution in [-0.2, 0) is 0 Å². The Kier molecular flexibility index (Phi) is 4.84. The lowest BCUT2D eigenvalue weighted by atomic mass is 10.1. The minimum atomic E-state index is -0.574. The third kappa shape index (κ3) is 3.37. The highest BCUT2D eigenvalue weighted by molar-refractivity contribution is 6.31. The molecule has 4 rings (SSSR count). The van der Waals surface area contributed by atoms with Gasteiger partial charge < -0.3 is 9.80 Å². The Morgan fingerprint density at radius 2 is 1.86 bits per heavy atom. The predicted molar refractivity (Wildman–Crippen MR) is 106 cm³/mol. The molecule has 140 valence electrons. The molecule has 28 heavy (non-hydrogen) atoms. The molecule has 1 amide bonds. The molecule has 1 aliphatic rings. The Morgan fingerprint density at radius 1 is 1.11 bits per heavy atom. The molecule has 3 aromatic rings. The Morgan fingerprint density at radius 3 is 2.61 bits per heavy atom. The number of para-hydroxylation sites is 1. The number of halogens is 2. The number of fused-ring (bicyclic) bond motifs is 1. The molecule has 0 bridgehead atoms. The summed E-state index contributed by atoms with van der Waals surface area (Å²) in [4.78, 5) is 20.8. The molecule has 5 nitrogen and oxygen atoms in total. The van der Waals surface area contributed by atoms with Gasteiger partial charge in [-0.2, -0.15) is 5.26 Å². The van der Waals surface area contributed by atoms with Gasteiger partial charge in [0.25, 0.3) is 5.91 Å². The molecule has 1 aliphatic heterocycles. The maximum Gasteiger partial charge on any atom is 0.257 e. The molecule has 2 heterocycles. The number of carbonyl (C=O) groups excluding carboxylic acids is 1. The second-order valence-corrected chi connectivity index (χ2v) is 7.00. The van der Waals surface area contributed by atoms with Crippen LogP contribution in [0.3, 0.4) is 0 Å². The molecule has 1 aromatic heterocycles. The average Bonchev–Trinajstić information content (AvgIpc) is 2.74. The average molecular weight is 395 g/mol. The van der Waals surface area contributed by atoms with Crippen molar-refractivity contribution in [3.8, 4) is 6.07 Å². The summed E-state index contributed by atoms with van der Waals surface area (Å²) in [6, 6.07) is 15.5. The number of carbonyl (C=O) groups is 1. The first-order valence-corrected chi connectivity index (χ1v) is 9.24. The van der Waals surface area contributed by atoms with E-state index in [2.05, 4.69) is 16.0 Å². The van der Waals surface area contributed by atoms with E-state index in [1.807, 2.05) is 24.3 Å². The van der Waals surface area contributed by atoms with Crippen LogP contribution in [0.4, 0.5) is 10.1 Å². The smallest absolute Gasteiger partial charge is 0.257 e. The van der Waals surface area contributed by atoms with Gasteiger partial charge in [0.2, 0.25) is 0 Å². The van der Waals surface area contributed by atoms with Crippen molar-refractivity contribution in [1.29, 1.82) is 5.26 Å². The second-order valence-electron chi connectivity index (χ2n) is 6.56. The number of rotatable bonds is 2. The van der Waals surface area contributed by atoms with Crippen molar-refractivity contribution in [3.05, 3.63) is 70.6 Å². The van der Waals surface area contributed by atoms with E-state index in [4.69, 9.17) is 11.6 Å². The molecule has 0 atom stereocenters. The van der Waals surface area contributed by atoms with E-state index in [9.17, 15) is 14.4 Å². The summed E-state index contributed by atoms with van der Waals surface area (Å²) in [7, 11) is 0. The van der Waals surface area contributed by atoms with Gasteiger partial charge in [0.15, 0.2) is 0 Å². The number of nitriles is 1. The largest absolute Gasteiger partial charge is 0.367 e. The highest BCUT2D eigenvalue weighted by Crippen LogP contribution is 2.28. The maximum absolute atomic E-state index is 14.0. The van der Waals surface area contributed by atoms with Crippen LogP contribution >= 0.6 is 11.6 Å². The zero-order valence-electron chi connectivity index (χ0n) is 14.9. The van der Waals surface area contributed by atoms with Crippen molar-refractivity contribution >= 4 is 34.1 Å². The van der Waals surface area contributed by atoms with Crippen molar-refractivity contribution in [2.45, 2.75) is 0 Å². The molecule has 0 unspecified atom stereocenters. The molecule has 1 saturated heterocycles. The lowest BCUT2D eigenvalue weighted by Crippen LogP contribution is -2.49. The normalized spacial score (nSPS) is 14.2. The SMILES string of the molecule is N#Cc1cc(N2CCN(C(=O)c3cc(Cl)ccc3F)CC2)c2ccccc2n1. The van der Waals surface area contributed by atoms with Crippen LogP contribution in [0.1, 0.15) is 16.1 Å². The lowest BCUT2D eigenvalue weighted by Gasteiger charge is -2.36. The standard InChI is InChI=1S/C21H16ClFN4O/c22-14-5-6-18(23)17(11-14)21(28)27-9-7-26(8-10-27)20-12-15(13-24)25-19-4-2-1-3-16(19)20/h1-6,11-12H,7-10H2. The van der Waals surface area contributed by atoms with E-state index in [1.54, 1.807) is 11.0 Å². The third-order valence-corrected chi connectivity index (χ3v) is 5.11. The monoisotopic (exact) mass is 394 g/mol. The zero-order chi connectivity index (χ0) is 19.7. The summed E-state index contributed by atoms with van der Waals surface area (Å²) < 4.78 is 14.0. The highest BCUT2D eigenvalue weighted by Gasteiger charge is 2.25. The summed E-state index contributed by atoms with van der Waals surface area (Å²) >= 11 is 5.91. The molecule has 7 heteroatoms. The quantitative estimate of drug-likeness (QED) is 0.662. The fraction of sp³-hybridized carbons (Fsp3) is 0.190. The van der Waals surface area contributed by atoms with Gasteiger partial charge in [-0.15, -0.1) is 0 Å². The number of pyridine rings is 1. The van der Waals surface area contributed by atoms with Gasteiger partial charge in [-0.25, -0.2) is 9.37 Å². The van der Waals surface area contributed by atoms with Gasteiger partial charge in [0.05, 0.1) is 11.1 Å². The van der Waals surface area contributed by atoms with E-state index in [0.29, 0.717) is 36.9 Å². The number of nitrogens with zero attached hydrogens (tertiary/aromatic N) is 4. The summed E-state index contributed by atoms with van der Waals surface area (Å²) in [6.45, 7) is 2.05. The highest BCUT2D eigenvalue weighted by atomic mass is 35.5. The van der Waals surface area contributed by atoms with Crippen molar-refractivity contribution in [2.24, 2.45) is 0 Å². The number of piperazine rings is 1. The first kappa shape index (κ1) is 18.2. The van der Waals surface area contributed by atoms with Gasteiger partial charge in [-0.3, -0.25) is 4.79 Å². The van der Waals surface area contributed by atoms with Crippen LogP contribution in [0.5, 0.6) is 0 Å². The van der Waals surface area contributed by atoms with E-state index < -0.39 is 5.82 Å². The number of anilines is 1. The number of benzene rings is 2. The maximum atomic E-state index is 14.0. The van der Waals surface area contributed by atoms with Crippen molar-refractivity contribution < 1.29 is 9.18 Å². The summed E-state index contributed by atoms with van der Waals surface area (Å²) in [5.41, 5.74) is 2.02. The van der Waals surface area contributed by atoms with Gasteiger partial charge >= 0.3 is 0 Å². The summed E-state index contributed by atoms with van der Waals surface area (Å²) in [5.74, 6) is -0.937. The second kappa shape index (κ2) is 7.45. The molecule has 0 spiro atoms. The first-order valence-electron chi connectivity index (χ1n) is 8.86. The van der Waals surface area contributed by atoms with Crippen LogP contribution in [0, 0.1) is 17.1 Å². The van der Waals surface area contributed by atoms with E-state index in [-0.39, 0.29) is 11.5 Å². The molecular formula is C21H16ClFN4O. The van der Waals surface area contributed by atoms with Crippen LogP contribution in [-0.4, -0.2) is 42.0 Å². The first-order chi connectivity index (χ1) is 13.6. The van der Waals surface area contributed by atoms with Crippen LogP contribution in [0.15, 0.2) is 48.5 Å². The summed E-state index contributed by atoms with van der Waals surface area (Å²) in [6.07, 6.45) is 0. The molecule has 2 aromatic carbocycles.